The SMILES string of the molecule is COCCNCc1sc(-c2ccco2)nc1COC. The number of ether oxygens (including phenoxy) is 2. The van der Waals surface area contributed by atoms with Gasteiger partial charge in [0.05, 0.1) is 25.2 Å². The molecule has 2 heterocycles. The van der Waals surface area contributed by atoms with Gasteiger partial charge in [-0.3, -0.25) is 0 Å². The number of rotatable bonds is 8. The molecule has 1 N–H and O–H groups in total. The van der Waals surface area contributed by atoms with Crippen LogP contribution in [0.15, 0.2) is 22.8 Å². The highest BCUT2D eigenvalue weighted by Crippen LogP contribution is 2.28. The Hall–Kier alpha value is -1.21. The van der Waals surface area contributed by atoms with E-state index >= 15 is 0 Å². The van der Waals surface area contributed by atoms with Crippen LogP contribution in [0.1, 0.15) is 10.6 Å². The molecule has 0 amide bonds. The zero-order valence-corrected chi connectivity index (χ0v) is 12.0. The Morgan fingerprint density at radius 2 is 2.26 bits per heavy atom. The molecule has 0 unspecified atom stereocenters. The van der Waals surface area contributed by atoms with Gasteiger partial charge in [-0.2, -0.15) is 0 Å². The largest absolute Gasteiger partial charge is 0.462 e. The Bertz CT molecular complexity index is 482. The number of furan rings is 1. The second-order valence-electron chi connectivity index (χ2n) is 3.97. The van der Waals surface area contributed by atoms with Crippen molar-refractivity contribution >= 4 is 11.3 Å². The average Bonchev–Trinajstić information content (AvgIpc) is 3.04. The predicted octanol–water partition coefficient (Wildman–Crippen LogP) is 2.29. The predicted molar refractivity (Wildman–Crippen MR) is 74.1 cm³/mol. The van der Waals surface area contributed by atoms with Gasteiger partial charge in [0.15, 0.2) is 10.8 Å². The van der Waals surface area contributed by atoms with E-state index in [9.17, 15) is 0 Å². The lowest BCUT2D eigenvalue weighted by molar-refractivity contribution is 0.181. The van der Waals surface area contributed by atoms with E-state index in [1.165, 1.54) is 4.88 Å². The summed E-state index contributed by atoms with van der Waals surface area (Å²) in [5.74, 6) is 0.797. The van der Waals surface area contributed by atoms with Gasteiger partial charge in [0, 0.05) is 32.2 Å². The zero-order chi connectivity index (χ0) is 13.5. The van der Waals surface area contributed by atoms with E-state index in [4.69, 9.17) is 13.9 Å². The summed E-state index contributed by atoms with van der Waals surface area (Å²) in [4.78, 5) is 5.74. The molecule has 2 aromatic heterocycles. The van der Waals surface area contributed by atoms with Crippen molar-refractivity contribution in [2.24, 2.45) is 0 Å². The topological polar surface area (TPSA) is 56.5 Å². The van der Waals surface area contributed by atoms with Crippen LogP contribution >= 0.6 is 11.3 Å². The van der Waals surface area contributed by atoms with Gasteiger partial charge in [-0.1, -0.05) is 0 Å². The third-order valence-corrected chi connectivity index (χ3v) is 3.67. The van der Waals surface area contributed by atoms with Crippen molar-refractivity contribution in [3.63, 3.8) is 0 Å². The summed E-state index contributed by atoms with van der Waals surface area (Å²) in [5, 5.41) is 4.21. The third-order valence-electron chi connectivity index (χ3n) is 2.56. The van der Waals surface area contributed by atoms with Crippen LogP contribution in [0.25, 0.3) is 10.8 Å². The van der Waals surface area contributed by atoms with Crippen LogP contribution in [0.4, 0.5) is 0 Å². The van der Waals surface area contributed by atoms with Crippen LogP contribution in [-0.4, -0.2) is 32.4 Å². The highest BCUT2D eigenvalue weighted by molar-refractivity contribution is 7.15. The van der Waals surface area contributed by atoms with E-state index in [1.54, 1.807) is 31.8 Å². The lowest BCUT2D eigenvalue weighted by Crippen LogP contribution is -2.18. The summed E-state index contributed by atoms with van der Waals surface area (Å²) < 4.78 is 15.6. The van der Waals surface area contributed by atoms with Gasteiger partial charge in [0.2, 0.25) is 0 Å². The standard InChI is InChI=1S/C13H18N2O3S/c1-16-7-5-14-8-12-10(9-17-2)15-13(19-12)11-4-3-6-18-11/h3-4,6,14H,5,7-9H2,1-2H3. The number of methoxy groups -OCH3 is 2. The van der Waals surface area contributed by atoms with Crippen molar-refractivity contribution in [3.8, 4) is 10.8 Å². The molecule has 0 atom stereocenters. The van der Waals surface area contributed by atoms with Crippen molar-refractivity contribution in [3.05, 3.63) is 29.0 Å². The normalized spacial score (nSPS) is 11.1. The molecule has 0 aliphatic carbocycles. The maximum absolute atomic E-state index is 5.38. The molecular weight excluding hydrogens is 264 g/mol. The van der Waals surface area contributed by atoms with Crippen molar-refractivity contribution < 1.29 is 13.9 Å². The zero-order valence-electron chi connectivity index (χ0n) is 11.1. The van der Waals surface area contributed by atoms with Crippen molar-refractivity contribution in [1.29, 1.82) is 0 Å². The van der Waals surface area contributed by atoms with Gasteiger partial charge in [-0.05, 0) is 12.1 Å². The molecule has 0 saturated heterocycles. The number of nitrogens with zero attached hydrogens (tertiary/aromatic N) is 1. The smallest absolute Gasteiger partial charge is 0.162 e. The van der Waals surface area contributed by atoms with E-state index in [0.717, 1.165) is 29.6 Å². The Morgan fingerprint density at radius 1 is 1.37 bits per heavy atom. The first-order valence-corrected chi connectivity index (χ1v) is 6.88. The lowest BCUT2D eigenvalue weighted by Gasteiger charge is -2.03. The minimum absolute atomic E-state index is 0.512. The van der Waals surface area contributed by atoms with Crippen molar-refractivity contribution in [2.45, 2.75) is 13.2 Å². The molecule has 0 aromatic carbocycles. The fraction of sp³-hybridized carbons (Fsp3) is 0.462. The van der Waals surface area contributed by atoms with Crippen LogP contribution in [-0.2, 0) is 22.6 Å². The molecule has 0 aliphatic rings. The molecule has 6 heteroatoms. The minimum atomic E-state index is 0.512. The second kappa shape index (κ2) is 7.40. The maximum atomic E-state index is 5.38. The summed E-state index contributed by atoms with van der Waals surface area (Å²) in [6, 6.07) is 3.78. The Kier molecular flexibility index (Phi) is 5.53. The molecule has 0 fully saturated rings. The monoisotopic (exact) mass is 282 g/mol. The molecule has 2 aromatic rings. The van der Waals surface area contributed by atoms with E-state index in [1.807, 2.05) is 12.1 Å². The van der Waals surface area contributed by atoms with Crippen molar-refractivity contribution in [1.82, 2.24) is 10.3 Å². The van der Waals surface area contributed by atoms with Crippen LogP contribution in [0.5, 0.6) is 0 Å². The number of hydrogen-bond donors (Lipinski definition) is 1. The number of nitrogens with one attached hydrogen (secondary N) is 1. The summed E-state index contributed by atoms with van der Waals surface area (Å²) in [6.45, 7) is 2.79. The highest BCUT2D eigenvalue weighted by Gasteiger charge is 2.13. The number of thiazole rings is 1. The summed E-state index contributed by atoms with van der Waals surface area (Å²) >= 11 is 1.63. The molecule has 2 rings (SSSR count). The van der Waals surface area contributed by atoms with E-state index < -0.39 is 0 Å². The Balaban J connectivity index is 2.07. The van der Waals surface area contributed by atoms with Gasteiger partial charge in [-0.15, -0.1) is 11.3 Å². The van der Waals surface area contributed by atoms with Gasteiger partial charge >= 0.3 is 0 Å². The van der Waals surface area contributed by atoms with Crippen LogP contribution in [0.2, 0.25) is 0 Å². The number of hydrogen-bond acceptors (Lipinski definition) is 6. The van der Waals surface area contributed by atoms with Crippen molar-refractivity contribution in [2.75, 3.05) is 27.4 Å². The third kappa shape index (κ3) is 3.87. The molecule has 0 aliphatic heterocycles. The molecule has 0 bridgehead atoms. The first-order chi connectivity index (χ1) is 9.35. The van der Waals surface area contributed by atoms with E-state index in [0.29, 0.717) is 13.2 Å². The average molecular weight is 282 g/mol. The van der Waals surface area contributed by atoms with Crippen LogP contribution in [0, 0.1) is 0 Å². The van der Waals surface area contributed by atoms with E-state index in [2.05, 4.69) is 10.3 Å². The molecule has 19 heavy (non-hydrogen) atoms. The van der Waals surface area contributed by atoms with Crippen LogP contribution in [0.3, 0.4) is 0 Å². The van der Waals surface area contributed by atoms with Gasteiger partial charge < -0.3 is 19.2 Å². The second-order valence-corrected chi connectivity index (χ2v) is 5.05. The molecule has 0 spiro atoms. The maximum Gasteiger partial charge on any atom is 0.162 e. The van der Waals surface area contributed by atoms with Gasteiger partial charge in [-0.25, -0.2) is 4.98 Å². The van der Waals surface area contributed by atoms with Crippen LogP contribution < -0.4 is 5.32 Å². The molecule has 5 nitrogen and oxygen atoms in total. The Morgan fingerprint density at radius 3 is 2.95 bits per heavy atom. The first kappa shape index (κ1) is 14.2. The number of aromatic nitrogens is 1. The summed E-state index contributed by atoms with van der Waals surface area (Å²) in [7, 11) is 3.37. The first-order valence-electron chi connectivity index (χ1n) is 6.06. The van der Waals surface area contributed by atoms with Gasteiger partial charge in [0.25, 0.3) is 0 Å². The van der Waals surface area contributed by atoms with Gasteiger partial charge in [0.1, 0.15) is 0 Å². The summed E-state index contributed by atoms with van der Waals surface area (Å²) in [6.07, 6.45) is 1.66. The minimum Gasteiger partial charge on any atom is -0.462 e. The fourth-order valence-corrected chi connectivity index (χ4v) is 2.66. The highest BCUT2D eigenvalue weighted by atomic mass is 32.1. The molecule has 0 saturated carbocycles. The molecule has 0 radical (unpaired) electrons. The molecule has 104 valence electrons. The quantitative estimate of drug-likeness (QED) is 0.753. The molecular formula is C13H18N2O3S. The fourth-order valence-electron chi connectivity index (χ4n) is 1.65. The Labute approximate surface area is 116 Å². The summed E-state index contributed by atoms with van der Waals surface area (Å²) in [5.41, 5.74) is 0.962. The lowest BCUT2D eigenvalue weighted by atomic mass is 10.3. The van der Waals surface area contributed by atoms with E-state index in [-0.39, 0.29) is 0 Å².